The normalized spacial score (nSPS) is 7.40. The maximum atomic E-state index is 9.44. The van der Waals surface area contributed by atoms with Crippen molar-refractivity contribution in [2.24, 2.45) is 0 Å². The molecule has 0 rings (SSSR count). The molecule has 0 aromatic carbocycles. The minimum atomic E-state index is -0.579. The van der Waals surface area contributed by atoms with Crippen molar-refractivity contribution >= 4 is 17.0 Å². The molecule has 0 aromatic rings. The molecule has 0 aliphatic carbocycles. The van der Waals surface area contributed by atoms with Gasteiger partial charge >= 0.3 is 0 Å². The Bertz CT molecular complexity index is 44.9. The fourth-order valence-corrected chi connectivity index (χ4v) is 0. The highest BCUT2D eigenvalue weighted by molar-refractivity contribution is 8.12. The molecule has 3 heteroatoms. The molecule has 0 fully saturated rings. The highest BCUT2D eigenvalue weighted by Gasteiger charge is 1.80. The van der Waals surface area contributed by atoms with Crippen LogP contribution < -0.4 is 5.73 Å². The number of thioether (sulfide) groups is 1. The summed E-state index contributed by atoms with van der Waals surface area (Å²) in [6.45, 7) is 0. The third-order valence-corrected chi connectivity index (χ3v) is 0.556. The Kier molecular flexibility index (Phi) is 2.01. The number of amides is 1. The summed E-state index contributed by atoms with van der Waals surface area (Å²) in [5, 5.41) is -0.579. The summed E-state index contributed by atoms with van der Waals surface area (Å²) in [4.78, 5) is 9.44. The number of rotatable bonds is 0. The van der Waals surface area contributed by atoms with E-state index < -0.39 is 5.24 Å². The summed E-state index contributed by atoms with van der Waals surface area (Å²) in [5.41, 5.74) is 6.15. The van der Waals surface area contributed by atoms with Crippen LogP contribution in [0.15, 0.2) is 0 Å². The maximum absolute atomic E-state index is 9.44. The van der Waals surface area contributed by atoms with E-state index in [1.54, 1.807) is 6.26 Å². The van der Waals surface area contributed by atoms with E-state index in [4.69, 9.17) is 5.73 Å². The van der Waals surface area contributed by atoms with Crippen LogP contribution in [0.2, 0.25) is 0 Å². The molecule has 0 heterocycles. The lowest BCUT2D eigenvalue weighted by atomic mass is 11.5. The summed E-state index contributed by atoms with van der Waals surface area (Å²) in [7, 11) is 0. The second-order valence-corrected chi connectivity index (χ2v) is 1.27. The topological polar surface area (TPSA) is 40.9 Å². The first-order chi connectivity index (χ1) is 2.27. The van der Waals surface area contributed by atoms with Gasteiger partial charge < -0.3 is 0 Å². The SMILES string of the molecule is CSC([NH])=O. The quantitative estimate of drug-likeness (QED) is 0.440. The van der Waals surface area contributed by atoms with Crippen LogP contribution in [-0.2, 0) is 0 Å². The molecule has 0 aromatic heterocycles. The number of hydrogen-bond acceptors (Lipinski definition) is 2. The Morgan fingerprint density at radius 1 is 2.00 bits per heavy atom. The highest BCUT2D eigenvalue weighted by atomic mass is 32.2. The van der Waals surface area contributed by atoms with Crippen molar-refractivity contribution in [3.05, 3.63) is 0 Å². The smallest absolute Gasteiger partial charge is 0.260 e. The Hall–Kier alpha value is -0.180. The molecular weight excluding hydrogens is 86.1 g/mol. The predicted molar refractivity (Wildman–Crippen MR) is 22.0 cm³/mol. The fraction of sp³-hybridized carbons (Fsp3) is 0.500. The second-order valence-electron chi connectivity index (χ2n) is 0.492. The van der Waals surface area contributed by atoms with Gasteiger partial charge in [0.1, 0.15) is 0 Å². The van der Waals surface area contributed by atoms with E-state index in [0.717, 1.165) is 11.8 Å². The van der Waals surface area contributed by atoms with E-state index in [0.29, 0.717) is 0 Å². The fourth-order valence-electron chi connectivity index (χ4n) is 0. The molecule has 0 atom stereocenters. The van der Waals surface area contributed by atoms with Gasteiger partial charge in [-0.1, -0.05) is 11.8 Å². The van der Waals surface area contributed by atoms with E-state index in [1.807, 2.05) is 0 Å². The highest BCUT2D eigenvalue weighted by Crippen LogP contribution is 1.87. The summed E-state index contributed by atoms with van der Waals surface area (Å²) < 4.78 is 0. The molecule has 1 N–H and O–H groups in total. The summed E-state index contributed by atoms with van der Waals surface area (Å²) in [6, 6.07) is 0. The van der Waals surface area contributed by atoms with Gasteiger partial charge in [0.25, 0.3) is 5.24 Å². The number of hydrogen-bond donors (Lipinski definition) is 0. The van der Waals surface area contributed by atoms with Crippen molar-refractivity contribution in [3.8, 4) is 0 Å². The lowest BCUT2D eigenvalue weighted by Gasteiger charge is -1.70. The van der Waals surface area contributed by atoms with Crippen molar-refractivity contribution in [3.63, 3.8) is 0 Å². The van der Waals surface area contributed by atoms with Crippen molar-refractivity contribution < 1.29 is 4.79 Å². The third-order valence-electron chi connectivity index (χ3n) is 0.185. The van der Waals surface area contributed by atoms with E-state index in [9.17, 15) is 4.79 Å². The molecular formula is C2H4NOS. The van der Waals surface area contributed by atoms with Crippen LogP contribution in [0.4, 0.5) is 4.79 Å². The zero-order valence-electron chi connectivity index (χ0n) is 2.82. The molecule has 0 unspecified atom stereocenters. The van der Waals surface area contributed by atoms with Gasteiger partial charge in [-0.2, -0.15) is 0 Å². The second kappa shape index (κ2) is 2.08. The summed E-state index contributed by atoms with van der Waals surface area (Å²) >= 11 is 0.907. The van der Waals surface area contributed by atoms with Crippen molar-refractivity contribution in [1.82, 2.24) is 5.73 Å². The predicted octanol–water partition coefficient (Wildman–Crippen LogP) is 0.752. The Morgan fingerprint density at radius 2 is 2.20 bits per heavy atom. The first-order valence-electron chi connectivity index (χ1n) is 1.07. The molecule has 1 amide bonds. The molecule has 0 aliphatic rings. The first-order valence-corrected chi connectivity index (χ1v) is 2.29. The van der Waals surface area contributed by atoms with Gasteiger partial charge in [0.05, 0.1) is 0 Å². The molecule has 0 bridgehead atoms. The van der Waals surface area contributed by atoms with E-state index in [-0.39, 0.29) is 0 Å². The van der Waals surface area contributed by atoms with E-state index in [1.165, 1.54) is 0 Å². The monoisotopic (exact) mass is 90.0 g/mol. The maximum Gasteiger partial charge on any atom is 0.297 e. The van der Waals surface area contributed by atoms with Crippen molar-refractivity contribution in [2.75, 3.05) is 6.26 Å². The Morgan fingerprint density at radius 3 is 2.20 bits per heavy atom. The summed E-state index contributed by atoms with van der Waals surface area (Å²) in [5.74, 6) is 0. The van der Waals surface area contributed by atoms with Crippen molar-refractivity contribution in [1.29, 1.82) is 0 Å². The van der Waals surface area contributed by atoms with E-state index >= 15 is 0 Å². The average Bonchev–Trinajstić information content (AvgIpc) is 1.38. The lowest BCUT2D eigenvalue weighted by Crippen LogP contribution is -1.80. The lowest BCUT2D eigenvalue weighted by molar-refractivity contribution is 0.266. The van der Waals surface area contributed by atoms with Crippen LogP contribution in [-0.4, -0.2) is 11.5 Å². The van der Waals surface area contributed by atoms with Crippen LogP contribution >= 0.6 is 11.8 Å². The van der Waals surface area contributed by atoms with Gasteiger partial charge in [-0.15, -0.1) is 0 Å². The Labute approximate surface area is 34.7 Å². The molecule has 0 aliphatic heterocycles. The minimum Gasteiger partial charge on any atom is -0.260 e. The van der Waals surface area contributed by atoms with Gasteiger partial charge in [0.15, 0.2) is 0 Å². The molecule has 2 nitrogen and oxygen atoms in total. The van der Waals surface area contributed by atoms with Crippen LogP contribution in [0.5, 0.6) is 0 Å². The van der Waals surface area contributed by atoms with E-state index in [2.05, 4.69) is 0 Å². The molecule has 0 saturated heterocycles. The van der Waals surface area contributed by atoms with Crippen LogP contribution in [0.1, 0.15) is 0 Å². The number of carbonyl (C=O) groups excluding carboxylic acids is 1. The number of nitrogens with one attached hydrogen (secondary N) is 1. The van der Waals surface area contributed by atoms with Gasteiger partial charge in [-0.25, -0.2) is 0 Å². The molecule has 29 valence electrons. The molecule has 1 radical (unpaired) electrons. The van der Waals surface area contributed by atoms with Gasteiger partial charge in [-0.05, 0) is 6.26 Å². The minimum absolute atomic E-state index is 0.579. The van der Waals surface area contributed by atoms with Crippen LogP contribution in [0.3, 0.4) is 0 Å². The van der Waals surface area contributed by atoms with Crippen LogP contribution in [0, 0.1) is 0 Å². The average molecular weight is 90.1 g/mol. The summed E-state index contributed by atoms with van der Waals surface area (Å²) in [6.07, 6.45) is 1.58. The van der Waals surface area contributed by atoms with Crippen LogP contribution in [0.25, 0.3) is 0 Å². The zero-order valence-corrected chi connectivity index (χ0v) is 3.63. The van der Waals surface area contributed by atoms with Gasteiger partial charge in [0, 0.05) is 0 Å². The first kappa shape index (κ1) is 4.82. The van der Waals surface area contributed by atoms with Gasteiger partial charge in [-0.3, -0.25) is 10.5 Å². The largest absolute Gasteiger partial charge is 0.297 e. The van der Waals surface area contributed by atoms with Crippen molar-refractivity contribution in [2.45, 2.75) is 0 Å². The molecule has 0 saturated carbocycles. The molecule has 5 heavy (non-hydrogen) atoms. The molecule has 0 spiro atoms. The standard InChI is InChI=1S/C2H4NOS/c1-5-2(3)4/h3H,1H3. The third kappa shape index (κ3) is 3.82. The van der Waals surface area contributed by atoms with Gasteiger partial charge in [0.2, 0.25) is 0 Å². The zero-order chi connectivity index (χ0) is 4.28. The Balaban J connectivity index is 2.85. The number of carbonyl (C=O) groups is 1.